The average Bonchev–Trinajstić information content (AvgIpc) is 2.13. The molecule has 1 aromatic rings. The number of hydrogen-bond donors (Lipinski definition) is 0. The van der Waals surface area contributed by atoms with Crippen LogP contribution < -0.4 is 0 Å². The third-order valence-corrected chi connectivity index (χ3v) is 3.33. The van der Waals surface area contributed by atoms with Gasteiger partial charge in [-0.1, -0.05) is 11.8 Å². The van der Waals surface area contributed by atoms with Crippen LogP contribution in [0.2, 0.25) is 0 Å². The Morgan fingerprint density at radius 3 is 2.93 bits per heavy atom. The van der Waals surface area contributed by atoms with E-state index in [4.69, 9.17) is 4.74 Å². The van der Waals surface area contributed by atoms with Crippen LogP contribution in [-0.4, -0.2) is 29.7 Å². The normalized spacial score (nSPS) is 16.4. The largest absolute Gasteiger partial charge is 0.379 e. The quantitative estimate of drug-likeness (QED) is 0.710. The molecule has 0 aromatic carbocycles. The van der Waals surface area contributed by atoms with Crippen LogP contribution in [0.15, 0.2) is 17.3 Å². The first-order chi connectivity index (χ1) is 6.79. The molecule has 2 heterocycles. The van der Waals surface area contributed by atoms with Gasteiger partial charge in [-0.15, -0.1) is 0 Å². The SMILES string of the molecule is Cc1cc(C=O)cnc1SC1COC1. The lowest BCUT2D eigenvalue weighted by atomic mass is 10.2. The van der Waals surface area contributed by atoms with E-state index >= 15 is 0 Å². The van der Waals surface area contributed by atoms with E-state index in [1.54, 1.807) is 18.0 Å². The molecule has 0 atom stereocenters. The Morgan fingerprint density at radius 2 is 2.43 bits per heavy atom. The molecule has 0 amide bonds. The van der Waals surface area contributed by atoms with Gasteiger partial charge in [0.25, 0.3) is 0 Å². The van der Waals surface area contributed by atoms with Gasteiger partial charge < -0.3 is 4.74 Å². The van der Waals surface area contributed by atoms with Crippen LogP contribution >= 0.6 is 11.8 Å². The second-order valence-electron chi connectivity index (χ2n) is 3.29. The van der Waals surface area contributed by atoms with Crippen LogP contribution in [0.1, 0.15) is 15.9 Å². The molecule has 0 N–H and O–H groups in total. The minimum atomic E-state index is 0.531. The second kappa shape index (κ2) is 4.11. The molecule has 0 unspecified atom stereocenters. The molecule has 0 spiro atoms. The van der Waals surface area contributed by atoms with Crippen LogP contribution in [-0.2, 0) is 4.74 Å². The van der Waals surface area contributed by atoms with Gasteiger partial charge in [0.2, 0.25) is 0 Å². The summed E-state index contributed by atoms with van der Waals surface area (Å²) in [5, 5.41) is 1.53. The van der Waals surface area contributed by atoms with Crippen molar-refractivity contribution < 1.29 is 9.53 Å². The highest BCUT2D eigenvalue weighted by Crippen LogP contribution is 2.28. The third-order valence-electron chi connectivity index (χ3n) is 2.07. The highest BCUT2D eigenvalue weighted by molar-refractivity contribution is 8.00. The summed E-state index contributed by atoms with van der Waals surface area (Å²) in [5.74, 6) is 0. The van der Waals surface area contributed by atoms with E-state index in [2.05, 4.69) is 4.98 Å². The predicted octanol–water partition coefficient (Wildman–Crippen LogP) is 1.69. The van der Waals surface area contributed by atoms with Crippen molar-refractivity contribution in [1.29, 1.82) is 0 Å². The number of rotatable bonds is 3. The zero-order valence-electron chi connectivity index (χ0n) is 7.90. The van der Waals surface area contributed by atoms with Crippen molar-refractivity contribution in [3.8, 4) is 0 Å². The maximum Gasteiger partial charge on any atom is 0.151 e. The number of hydrogen-bond acceptors (Lipinski definition) is 4. The summed E-state index contributed by atoms with van der Waals surface area (Å²) < 4.78 is 5.09. The molecule has 1 aliphatic rings. The molecule has 1 fully saturated rings. The summed E-state index contributed by atoms with van der Waals surface area (Å²) in [6.07, 6.45) is 2.43. The molecule has 0 aliphatic carbocycles. The van der Waals surface area contributed by atoms with Crippen LogP contribution in [0.25, 0.3) is 0 Å². The number of aromatic nitrogens is 1. The van der Waals surface area contributed by atoms with Gasteiger partial charge in [-0.25, -0.2) is 4.98 Å². The van der Waals surface area contributed by atoms with Gasteiger partial charge in [-0.3, -0.25) is 4.79 Å². The number of aldehydes is 1. The minimum absolute atomic E-state index is 0.531. The Hall–Kier alpha value is -0.870. The van der Waals surface area contributed by atoms with E-state index in [0.717, 1.165) is 30.1 Å². The molecular weight excluding hydrogens is 198 g/mol. The summed E-state index contributed by atoms with van der Waals surface area (Å²) in [6.45, 7) is 3.59. The molecule has 3 nitrogen and oxygen atoms in total. The summed E-state index contributed by atoms with van der Waals surface area (Å²) >= 11 is 1.72. The first-order valence-electron chi connectivity index (χ1n) is 4.46. The summed E-state index contributed by atoms with van der Waals surface area (Å²) in [4.78, 5) is 14.7. The first-order valence-corrected chi connectivity index (χ1v) is 5.34. The van der Waals surface area contributed by atoms with E-state index < -0.39 is 0 Å². The van der Waals surface area contributed by atoms with Crippen LogP contribution in [0, 0.1) is 6.92 Å². The van der Waals surface area contributed by atoms with Crippen molar-refractivity contribution in [2.24, 2.45) is 0 Å². The van der Waals surface area contributed by atoms with E-state index in [9.17, 15) is 4.79 Å². The lowest BCUT2D eigenvalue weighted by Gasteiger charge is -2.25. The molecule has 4 heteroatoms. The molecule has 14 heavy (non-hydrogen) atoms. The first kappa shape index (κ1) is 9.68. The minimum Gasteiger partial charge on any atom is -0.379 e. The number of carbonyl (C=O) groups is 1. The molecule has 1 aromatic heterocycles. The van der Waals surface area contributed by atoms with Crippen molar-refractivity contribution in [3.63, 3.8) is 0 Å². The van der Waals surface area contributed by atoms with Crippen LogP contribution in [0.4, 0.5) is 0 Å². The smallest absolute Gasteiger partial charge is 0.151 e. The molecular formula is C10H11NO2S. The highest BCUT2D eigenvalue weighted by Gasteiger charge is 2.20. The van der Waals surface area contributed by atoms with Crippen molar-refractivity contribution >= 4 is 18.0 Å². The molecule has 74 valence electrons. The number of carbonyl (C=O) groups excluding carboxylic acids is 1. The molecule has 2 rings (SSSR count). The predicted molar refractivity (Wildman–Crippen MR) is 54.8 cm³/mol. The third kappa shape index (κ3) is 1.96. The Bertz CT molecular complexity index is 350. The van der Waals surface area contributed by atoms with Gasteiger partial charge >= 0.3 is 0 Å². The number of aryl methyl sites for hydroxylation is 1. The van der Waals surface area contributed by atoms with Gasteiger partial charge in [0.05, 0.1) is 23.5 Å². The number of nitrogens with zero attached hydrogens (tertiary/aromatic N) is 1. The van der Waals surface area contributed by atoms with Crippen LogP contribution in [0.3, 0.4) is 0 Å². The van der Waals surface area contributed by atoms with Gasteiger partial charge in [0, 0.05) is 11.8 Å². The lowest BCUT2D eigenvalue weighted by Crippen LogP contribution is -2.30. The number of thioether (sulfide) groups is 1. The monoisotopic (exact) mass is 209 g/mol. The van der Waals surface area contributed by atoms with E-state index in [-0.39, 0.29) is 0 Å². The molecule has 0 radical (unpaired) electrons. The molecule has 1 aliphatic heterocycles. The Balaban J connectivity index is 2.12. The second-order valence-corrected chi connectivity index (χ2v) is 4.57. The summed E-state index contributed by atoms with van der Waals surface area (Å²) in [5.41, 5.74) is 1.70. The van der Waals surface area contributed by atoms with E-state index in [0.29, 0.717) is 10.8 Å². The van der Waals surface area contributed by atoms with Gasteiger partial charge in [0.15, 0.2) is 6.29 Å². The van der Waals surface area contributed by atoms with Crippen molar-refractivity contribution in [3.05, 3.63) is 23.4 Å². The zero-order chi connectivity index (χ0) is 9.97. The Kier molecular flexibility index (Phi) is 2.84. The van der Waals surface area contributed by atoms with Gasteiger partial charge in [-0.2, -0.15) is 0 Å². The standard InChI is InChI=1S/C10H11NO2S/c1-7-2-8(4-12)3-11-10(7)14-9-5-13-6-9/h2-4,9H,5-6H2,1H3. The maximum absolute atomic E-state index is 10.5. The number of pyridine rings is 1. The van der Waals surface area contributed by atoms with Gasteiger partial charge in [-0.05, 0) is 18.6 Å². The van der Waals surface area contributed by atoms with Gasteiger partial charge in [0.1, 0.15) is 0 Å². The van der Waals surface area contributed by atoms with Crippen molar-refractivity contribution in [2.45, 2.75) is 17.2 Å². The lowest BCUT2D eigenvalue weighted by molar-refractivity contribution is 0.0454. The fourth-order valence-corrected chi connectivity index (χ4v) is 2.21. The topological polar surface area (TPSA) is 39.2 Å². The zero-order valence-corrected chi connectivity index (χ0v) is 8.71. The fourth-order valence-electron chi connectivity index (χ4n) is 1.21. The Morgan fingerprint density at radius 1 is 1.64 bits per heavy atom. The molecule has 1 saturated heterocycles. The molecule has 0 bridgehead atoms. The Labute approximate surface area is 86.9 Å². The fraction of sp³-hybridized carbons (Fsp3) is 0.400. The number of ether oxygens (including phenoxy) is 1. The average molecular weight is 209 g/mol. The summed E-state index contributed by atoms with van der Waals surface area (Å²) in [7, 11) is 0. The van der Waals surface area contributed by atoms with Crippen molar-refractivity contribution in [2.75, 3.05) is 13.2 Å². The van der Waals surface area contributed by atoms with E-state index in [1.165, 1.54) is 0 Å². The maximum atomic E-state index is 10.5. The highest BCUT2D eigenvalue weighted by atomic mass is 32.2. The summed E-state index contributed by atoms with van der Waals surface area (Å²) in [6, 6.07) is 1.86. The molecule has 0 saturated carbocycles. The van der Waals surface area contributed by atoms with Crippen LogP contribution in [0.5, 0.6) is 0 Å². The van der Waals surface area contributed by atoms with Crippen molar-refractivity contribution in [1.82, 2.24) is 4.98 Å². The van der Waals surface area contributed by atoms with E-state index in [1.807, 2.05) is 13.0 Å².